The number of nitrogens with one attached hydrogen (secondary N) is 1. The first-order chi connectivity index (χ1) is 16.3. The molecule has 0 fully saturated rings. The van der Waals surface area contributed by atoms with E-state index in [2.05, 4.69) is 40.6 Å². The molecule has 1 aliphatic heterocycles. The van der Waals surface area contributed by atoms with Crippen molar-refractivity contribution in [1.29, 1.82) is 0 Å². The lowest BCUT2D eigenvalue weighted by molar-refractivity contribution is 0.0990. The van der Waals surface area contributed by atoms with Crippen LogP contribution >= 0.6 is 10.0 Å². The van der Waals surface area contributed by atoms with E-state index in [9.17, 15) is 4.79 Å². The molecular formula is C24H29N3O6S. The van der Waals surface area contributed by atoms with Crippen molar-refractivity contribution in [3.05, 3.63) is 41.2 Å². The van der Waals surface area contributed by atoms with Crippen molar-refractivity contribution in [3.63, 3.8) is 0 Å². The zero-order chi connectivity index (χ0) is 24.5. The number of ether oxygens (including phenoxy) is 4. The van der Waals surface area contributed by atoms with Crippen LogP contribution in [0.3, 0.4) is 0 Å². The third kappa shape index (κ3) is 4.37. The standard InChI is InChI=1S/C24H29N3O6S/c1-7-34(6)11-10-15-13-17(14(2)12-18(15)34)33-19-9-8-16(32-19)21(28)25-20-22(29-3)26-24(31-5)27-23(20)30-4/h8-9,12-13H,7,10-11H2,1-6H3,(H,25,28). The van der Waals surface area contributed by atoms with Gasteiger partial charge in [0.1, 0.15) is 5.75 Å². The van der Waals surface area contributed by atoms with Crippen LogP contribution in [0.5, 0.6) is 29.5 Å². The van der Waals surface area contributed by atoms with Gasteiger partial charge in [-0.1, -0.05) is 6.92 Å². The Kier molecular flexibility index (Phi) is 6.60. The van der Waals surface area contributed by atoms with Gasteiger partial charge in [0.2, 0.25) is 11.8 Å². The van der Waals surface area contributed by atoms with Crippen LogP contribution in [0.1, 0.15) is 28.6 Å². The van der Waals surface area contributed by atoms with Crippen LogP contribution in [0.25, 0.3) is 0 Å². The van der Waals surface area contributed by atoms with Crippen LogP contribution in [0.2, 0.25) is 0 Å². The molecule has 0 bridgehead atoms. The van der Waals surface area contributed by atoms with Gasteiger partial charge in [0, 0.05) is 6.07 Å². The van der Waals surface area contributed by atoms with Gasteiger partial charge in [0.05, 0.1) is 21.3 Å². The second-order valence-corrected chi connectivity index (χ2v) is 12.0. The summed E-state index contributed by atoms with van der Waals surface area (Å²) in [5, 5.41) is 2.67. The van der Waals surface area contributed by atoms with Crippen molar-refractivity contribution in [2.45, 2.75) is 25.2 Å². The Bertz CT molecular complexity index is 1200. The highest BCUT2D eigenvalue weighted by Gasteiger charge is 2.29. The zero-order valence-corrected chi connectivity index (χ0v) is 21.0. The van der Waals surface area contributed by atoms with Crippen LogP contribution in [0, 0.1) is 6.92 Å². The SMILES string of the molecule is CCS1(C)CCc2cc(Oc3ccc(C(=O)Nc4c(OC)nc(OC)nc4OC)o3)c(C)cc21. The number of hydrogen-bond acceptors (Lipinski definition) is 8. The molecule has 1 atom stereocenters. The fourth-order valence-electron chi connectivity index (χ4n) is 3.89. The van der Waals surface area contributed by atoms with E-state index in [4.69, 9.17) is 23.4 Å². The number of aryl methyl sites for hydroxylation is 2. The van der Waals surface area contributed by atoms with E-state index in [1.54, 1.807) is 6.07 Å². The molecule has 0 saturated carbocycles. The monoisotopic (exact) mass is 487 g/mol. The maximum Gasteiger partial charge on any atom is 0.322 e. The van der Waals surface area contributed by atoms with Gasteiger partial charge in [-0.2, -0.15) is 9.97 Å². The summed E-state index contributed by atoms with van der Waals surface area (Å²) >= 11 is 0. The fraction of sp³-hybridized carbons (Fsp3) is 0.375. The Morgan fingerprint density at radius 1 is 1.12 bits per heavy atom. The van der Waals surface area contributed by atoms with Crippen LogP contribution in [0.15, 0.2) is 33.6 Å². The maximum absolute atomic E-state index is 12.8. The summed E-state index contributed by atoms with van der Waals surface area (Å²) in [5.41, 5.74) is 2.54. The minimum Gasteiger partial charge on any atom is -0.479 e. The molecule has 9 nitrogen and oxygen atoms in total. The van der Waals surface area contributed by atoms with E-state index in [1.807, 2.05) is 6.92 Å². The van der Waals surface area contributed by atoms with Crippen molar-refractivity contribution in [2.75, 3.05) is 44.4 Å². The molecule has 0 aliphatic carbocycles. The van der Waals surface area contributed by atoms with Crippen LogP contribution in [-0.2, 0) is 6.42 Å². The quantitative estimate of drug-likeness (QED) is 0.482. The summed E-state index contributed by atoms with van der Waals surface area (Å²) in [5.74, 6) is 3.06. The molecule has 10 heteroatoms. The van der Waals surface area contributed by atoms with Crippen molar-refractivity contribution in [1.82, 2.24) is 9.97 Å². The lowest BCUT2D eigenvalue weighted by Crippen LogP contribution is -2.14. The minimum atomic E-state index is -0.736. The van der Waals surface area contributed by atoms with Crippen LogP contribution in [0.4, 0.5) is 5.69 Å². The van der Waals surface area contributed by atoms with Gasteiger partial charge >= 0.3 is 6.01 Å². The Hall–Kier alpha value is -3.40. The second-order valence-electron chi connectivity index (χ2n) is 8.02. The lowest BCUT2D eigenvalue weighted by atomic mass is 10.1. The predicted molar refractivity (Wildman–Crippen MR) is 130 cm³/mol. The highest BCUT2D eigenvalue weighted by atomic mass is 32.3. The summed E-state index contributed by atoms with van der Waals surface area (Å²) < 4.78 is 27.2. The summed E-state index contributed by atoms with van der Waals surface area (Å²) in [6, 6.07) is 7.54. The average molecular weight is 488 g/mol. The number of aromatic nitrogens is 2. The van der Waals surface area contributed by atoms with E-state index in [-0.39, 0.29) is 35.2 Å². The minimum absolute atomic E-state index is 0.0472. The molecule has 1 aromatic carbocycles. The molecule has 0 spiro atoms. The fourth-order valence-corrected chi connectivity index (χ4v) is 6.63. The largest absolute Gasteiger partial charge is 0.479 e. The number of methoxy groups -OCH3 is 3. The number of amides is 1. The number of fused-ring (bicyclic) bond motifs is 1. The number of rotatable bonds is 8. The first-order valence-electron chi connectivity index (χ1n) is 10.8. The molecule has 4 rings (SSSR count). The number of carbonyl (C=O) groups is 1. The topological polar surface area (TPSA) is 105 Å². The predicted octanol–water partition coefficient (Wildman–Crippen LogP) is 4.82. The molecule has 1 unspecified atom stereocenters. The first-order valence-corrected chi connectivity index (χ1v) is 13.2. The molecule has 34 heavy (non-hydrogen) atoms. The van der Waals surface area contributed by atoms with Gasteiger partial charge in [0.15, 0.2) is 11.4 Å². The molecule has 0 radical (unpaired) electrons. The van der Waals surface area contributed by atoms with E-state index >= 15 is 0 Å². The molecule has 3 heterocycles. The molecule has 1 aliphatic rings. The van der Waals surface area contributed by atoms with Crippen molar-refractivity contribution in [2.24, 2.45) is 0 Å². The smallest absolute Gasteiger partial charge is 0.322 e. The molecule has 1 amide bonds. The summed E-state index contributed by atoms with van der Waals surface area (Å²) in [7, 11) is 3.52. The Morgan fingerprint density at radius 3 is 2.44 bits per heavy atom. The third-order valence-electron chi connectivity index (χ3n) is 5.99. The zero-order valence-electron chi connectivity index (χ0n) is 20.2. The van der Waals surface area contributed by atoms with Gasteiger partial charge in [-0.25, -0.2) is 10.0 Å². The maximum atomic E-state index is 12.8. The molecule has 0 saturated heterocycles. The van der Waals surface area contributed by atoms with Gasteiger partial charge in [-0.05, 0) is 65.3 Å². The second kappa shape index (κ2) is 9.46. The molecule has 1 N–H and O–H groups in total. The van der Waals surface area contributed by atoms with E-state index < -0.39 is 15.9 Å². The van der Waals surface area contributed by atoms with Crippen molar-refractivity contribution in [3.8, 4) is 29.5 Å². The first kappa shape index (κ1) is 23.7. The number of carbonyl (C=O) groups excluding carboxylic acids is 1. The number of anilines is 1. The highest BCUT2D eigenvalue weighted by molar-refractivity contribution is 8.33. The number of hydrogen-bond donors (Lipinski definition) is 1. The number of nitrogens with zero attached hydrogens (tertiary/aromatic N) is 2. The van der Waals surface area contributed by atoms with Gasteiger partial charge in [0.25, 0.3) is 11.9 Å². The van der Waals surface area contributed by atoms with E-state index in [1.165, 1.54) is 49.4 Å². The molecular weight excluding hydrogens is 458 g/mol. The Labute approximate surface area is 200 Å². The average Bonchev–Trinajstić information content (AvgIpc) is 3.44. The number of benzene rings is 1. The van der Waals surface area contributed by atoms with Gasteiger partial charge in [-0.15, -0.1) is 0 Å². The van der Waals surface area contributed by atoms with E-state index in [0.717, 1.165) is 17.7 Å². The van der Waals surface area contributed by atoms with Crippen molar-refractivity contribution < 1.29 is 28.2 Å². The summed E-state index contributed by atoms with van der Waals surface area (Å²) in [6.45, 7) is 4.30. The van der Waals surface area contributed by atoms with Gasteiger partial charge in [-0.3, -0.25) is 4.79 Å². The third-order valence-corrected chi connectivity index (χ3v) is 9.81. The van der Waals surface area contributed by atoms with Crippen LogP contribution < -0.4 is 24.3 Å². The normalized spacial score (nSPS) is 18.5. The summed E-state index contributed by atoms with van der Waals surface area (Å²) in [6.07, 6.45) is 3.46. The summed E-state index contributed by atoms with van der Waals surface area (Å²) in [4.78, 5) is 22.5. The molecule has 2 aromatic heterocycles. The Balaban J connectivity index is 1.53. The molecule has 182 valence electrons. The Morgan fingerprint density at radius 2 is 1.82 bits per heavy atom. The van der Waals surface area contributed by atoms with Gasteiger partial charge < -0.3 is 28.7 Å². The molecule has 3 aromatic rings. The van der Waals surface area contributed by atoms with Crippen molar-refractivity contribution >= 4 is 21.6 Å². The number of furan rings is 1. The highest BCUT2D eigenvalue weighted by Crippen LogP contribution is 2.59. The lowest BCUT2D eigenvalue weighted by Gasteiger charge is -2.30. The van der Waals surface area contributed by atoms with E-state index in [0.29, 0.717) is 0 Å². The van der Waals surface area contributed by atoms with Crippen LogP contribution in [-0.4, -0.2) is 55.0 Å².